The maximum absolute atomic E-state index is 13.2. The van der Waals surface area contributed by atoms with Gasteiger partial charge in [-0.3, -0.25) is 24.6 Å². The number of carbonyl (C=O) groups excluding carboxylic acids is 1. The van der Waals surface area contributed by atoms with Crippen molar-refractivity contribution < 1.29 is 24.6 Å². The van der Waals surface area contributed by atoms with E-state index >= 15 is 0 Å². The summed E-state index contributed by atoms with van der Waals surface area (Å²) in [6.07, 6.45) is 2.89. The lowest BCUT2D eigenvalue weighted by Crippen LogP contribution is -2.53. The molecule has 160 valence electrons. The number of hydrogen-bond acceptors (Lipinski definition) is 4. The van der Waals surface area contributed by atoms with Gasteiger partial charge >= 0.3 is 11.9 Å². The minimum absolute atomic E-state index is 0.189. The number of rotatable bonds is 7. The molecule has 0 saturated carbocycles. The molecule has 1 aromatic heterocycles. The van der Waals surface area contributed by atoms with E-state index in [9.17, 15) is 24.6 Å². The zero-order valence-electron chi connectivity index (χ0n) is 16.7. The van der Waals surface area contributed by atoms with Crippen LogP contribution in [0.4, 0.5) is 5.69 Å². The number of aryl methyl sites for hydroxylation is 1. The van der Waals surface area contributed by atoms with E-state index in [1.807, 2.05) is 36.4 Å². The number of nitrogens with one attached hydrogen (secondary N) is 2. The highest BCUT2D eigenvalue weighted by Crippen LogP contribution is 2.27. The number of aromatic amines is 1. The summed E-state index contributed by atoms with van der Waals surface area (Å²) in [4.78, 5) is 41.0. The Balaban J connectivity index is 1.59. The molecular weight excluding hydrogens is 398 g/mol. The van der Waals surface area contributed by atoms with E-state index in [4.69, 9.17) is 0 Å². The fraction of sp³-hybridized carbons (Fsp3) is 0.261. The Morgan fingerprint density at radius 3 is 2.65 bits per heavy atom. The summed E-state index contributed by atoms with van der Waals surface area (Å²) >= 11 is 0. The largest absolute Gasteiger partial charge is 0.480 e. The summed E-state index contributed by atoms with van der Waals surface area (Å²) < 4.78 is 0. The van der Waals surface area contributed by atoms with Crippen LogP contribution >= 0.6 is 0 Å². The molecular formula is C23H23N3O5. The zero-order valence-corrected chi connectivity index (χ0v) is 16.7. The van der Waals surface area contributed by atoms with Gasteiger partial charge in [-0.25, -0.2) is 0 Å². The van der Waals surface area contributed by atoms with Gasteiger partial charge in [0.1, 0.15) is 12.6 Å². The molecule has 1 amide bonds. The van der Waals surface area contributed by atoms with Gasteiger partial charge in [-0.15, -0.1) is 0 Å². The number of hydrogen-bond donors (Lipinski definition) is 4. The number of carboxylic acids is 2. The van der Waals surface area contributed by atoms with Gasteiger partial charge < -0.3 is 15.2 Å². The fourth-order valence-corrected chi connectivity index (χ4v) is 4.15. The third-order valence-corrected chi connectivity index (χ3v) is 5.64. The first kappa shape index (κ1) is 20.6. The number of carbonyl (C=O) groups is 3. The smallest absolute Gasteiger partial charge is 0.323 e. The molecule has 3 aromatic rings. The van der Waals surface area contributed by atoms with E-state index < -0.39 is 36.5 Å². The second kappa shape index (κ2) is 8.61. The lowest BCUT2D eigenvalue weighted by Gasteiger charge is -2.26. The molecule has 4 N–H and O–H groups in total. The van der Waals surface area contributed by atoms with Crippen LogP contribution in [0.5, 0.6) is 0 Å². The highest BCUT2D eigenvalue weighted by atomic mass is 16.4. The Kier molecular flexibility index (Phi) is 5.73. The van der Waals surface area contributed by atoms with E-state index in [2.05, 4.69) is 10.3 Å². The molecule has 8 heteroatoms. The zero-order chi connectivity index (χ0) is 22.0. The average molecular weight is 421 g/mol. The first-order valence-electron chi connectivity index (χ1n) is 10.1. The van der Waals surface area contributed by atoms with Crippen LogP contribution in [0.1, 0.15) is 17.5 Å². The summed E-state index contributed by atoms with van der Waals surface area (Å²) in [7, 11) is 0. The standard InChI is InChI=1S/C23H23N3O5/c27-21(28)13-26-20-8-4-1-5-14(20)9-10-18(22(26)29)25-19(23(30)31)11-15-12-24-17-7-3-2-6-16(15)17/h1-8,12,18-19,24-25H,9-11,13H2,(H,27,28)(H,30,31)/t18-,19-/m0/s1. The van der Waals surface area contributed by atoms with Gasteiger partial charge in [0.25, 0.3) is 0 Å². The van der Waals surface area contributed by atoms with Crippen molar-refractivity contribution in [3.05, 3.63) is 65.9 Å². The van der Waals surface area contributed by atoms with E-state index in [-0.39, 0.29) is 6.42 Å². The van der Waals surface area contributed by atoms with E-state index in [1.165, 1.54) is 4.90 Å². The Hall–Kier alpha value is -3.65. The van der Waals surface area contributed by atoms with E-state index in [1.54, 1.807) is 18.3 Å². The number of fused-ring (bicyclic) bond motifs is 2. The summed E-state index contributed by atoms with van der Waals surface area (Å²) in [5, 5.41) is 23.1. The maximum Gasteiger partial charge on any atom is 0.323 e. The van der Waals surface area contributed by atoms with Crippen molar-refractivity contribution in [2.75, 3.05) is 11.4 Å². The van der Waals surface area contributed by atoms with Crippen LogP contribution < -0.4 is 10.2 Å². The van der Waals surface area contributed by atoms with E-state index in [0.717, 1.165) is 22.0 Å². The van der Waals surface area contributed by atoms with Crippen LogP contribution in [0, 0.1) is 0 Å². The van der Waals surface area contributed by atoms with Crippen LogP contribution in [-0.4, -0.2) is 51.7 Å². The summed E-state index contributed by atoms with van der Waals surface area (Å²) in [6.45, 7) is -0.478. The molecule has 2 atom stereocenters. The Labute approximate surface area is 178 Å². The number of benzene rings is 2. The van der Waals surface area contributed by atoms with Crippen molar-refractivity contribution in [3.63, 3.8) is 0 Å². The molecule has 8 nitrogen and oxygen atoms in total. The second-order valence-electron chi connectivity index (χ2n) is 7.66. The monoisotopic (exact) mass is 421 g/mol. The number of aliphatic carboxylic acids is 2. The summed E-state index contributed by atoms with van der Waals surface area (Å²) in [5.74, 6) is -2.63. The molecule has 0 saturated heterocycles. The number of H-pyrrole nitrogens is 1. The van der Waals surface area contributed by atoms with Crippen molar-refractivity contribution >= 4 is 34.4 Å². The highest BCUT2D eigenvalue weighted by Gasteiger charge is 2.34. The quantitative estimate of drug-likeness (QED) is 0.464. The number of amides is 1. The molecule has 0 bridgehead atoms. The van der Waals surface area contributed by atoms with Crippen molar-refractivity contribution in [2.24, 2.45) is 0 Å². The number of para-hydroxylation sites is 2. The van der Waals surface area contributed by atoms with Gasteiger partial charge in [0, 0.05) is 29.2 Å². The Morgan fingerprint density at radius 2 is 1.87 bits per heavy atom. The average Bonchev–Trinajstić information content (AvgIpc) is 3.11. The molecule has 0 spiro atoms. The van der Waals surface area contributed by atoms with Gasteiger partial charge in [0.2, 0.25) is 5.91 Å². The predicted molar refractivity (Wildman–Crippen MR) is 115 cm³/mol. The Bertz CT molecular complexity index is 1140. The molecule has 2 aromatic carbocycles. The minimum atomic E-state index is -1.13. The lowest BCUT2D eigenvalue weighted by atomic mass is 10.0. The van der Waals surface area contributed by atoms with Crippen LogP contribution in [0.3, 0.4) is 0 Å². The van der Waals surface area contributed by atoms with Crippen LogP contribution in [0.15, 0.2) is 54.7 Å². The molecule has 31 heavy (non-hydrogen) atoms. The fourth-order valence-electron chi connectivity index (χ4n) is 4.15. The molecule has 0 radical (unpaired) electrons. The minimum Gasteiger partial charge on any atom is -0.480 e. The van der Waals surface area contributed by atoms with Crippen LogP contribution in [0.2, 0.25) is 0 Å². The van der Waals surface area contributed by atoms with Gasteiger partial charge in [-0.2, -0.15) is 0 Å². The molecule has 4 rings (SSSR count). The first-order chi connectivity index (χ1) is 14.9. The number of carboxylic acid groups (broad SMARTS) is 2. The van der Waals surface area contributed by atoms with Crippen LogP contribution in [-0.2, 0) is 27.2 Å². The SMILES string of the molecule is O=C(O)CN1C(=O)[C@@H](N[C@@H](Cc2c[nH]c3ccccc23)C(=O)O)CCc2ccccc21. The summed E-state index contributed by atoms with van der Waals surface area (Å²) in [5.41, 5.74) is 3.17. The molecule has 0 fully saturated rings. The highest BCUT2D eigenvalue weighted by molar-refractivity contribution is 6.02. The molecule has 2 heterocycles. The van der Waals surface area contributed by atoms with Crippen molar-refractivity contribution in [1.29, 1.82) is 0 Å². The van der Waals surface area contributed by atoms with Crippen molar-refractivity contribution in [3.8, 4) is 0 Å². The number of nitrogens with zero attached hydrogens (tertiary/aromatic N) is 1. The molecule has 0 aliphatic carbocycles. The lowest BCUT2D eigenvalue weighted by molar-refractivity contribution is -0.140. The van der Waals surface area contributed by atoms with E-state index in [0.29, 0.717) is 18.5 Å². The predicted octanol–water partition coefficient (Wildman–Crippen LogP) is 2.19. The van der Waals surface area contributed by atoms with Crippen molar-refractivity contribution in [2.45, 2.75) is 31.3 Å². The van der Waals surface area contributed by atoms with Crippen LogP contribution in [0.25, 0.3) is 10.9 Å². The van der Waals surface area contributed by atoms with Gasteiger partial charge in [0.05, 0.1) is 6.04 Å². The van der Waals surface area contributed by atoms with Crippen molar-refractivity contribution in [1.82, 2.24) is 10.3 Å². The topological polar surface area (TPSA) is 123 Å². The second-order valence-corrected chi connectivity index (χ2v) is 7.66. The van der Waals surface area contributed by atoms with Gasteiger partial charge in [-0.05, 0) is 36.1 Å². The molecule has 0 unspecified atom stereocenters. The number of aromatic nitrogens is 1. The van der Waals surface area contributed by atoms with Gasteiger partial charge in [-0.1, -0.05) is 36.4 Å². The van der Waals surface area contributed by atoms with Gasteiger partial charge in [0.15, 0.2) is 0 Å². The normalized spacial score (nSPS) is 17.2. The number of anilines is 1. The summed E-state index contributed by atoms with van der Waals surface area (Å²) in [6, 6.07) is 13.0. The molecule has 1 aliphatic rings. The maximum atomic E-state index is 13.2. The Morgan fingerprint density at radius 1 is 1.13 bits per heavy atom. The third kappa shape index (κ3) is 4.29. The third-order valence-electron chi connectivity index (χ3n) is 5.64. The first-order valence-corrected chi connectivity index (χ1v) is 10.1. The molecule has 1 aliphatic heterocycles.